The molecule has 49 heteroatoms. The fourth-order valence-electron chi connectivity index (χ4n) is 10.9. The number of benzene rings is 1. The van der Waals surface area contributed by atoms with E-state index >= 15 is 0 Å². The van der Waals surface area contributed by atoms with Crippen molar-refractivity contribution in [2.45, 2.75) is 216 Å². The molecule has 0 aliphatic heterocycles. The summed E-state index contributed by atoms with van der Waals surface area (Å²) in [6.45, 7) is 4.15. The molecule has 0 spiro atoms. The molecule has 0 saturated carbocycles. The largest absolute Gasteiger partial charge is 0.481 e. The summed E-state index contributed by atoms with van der Waals surface area (Å²) in [6.07, 6.45) is -6.23. The van der Waals surface area contributed by atoms with Crippen LogP contribution in [0.2, 0.25) is 0 Å². The highest BCUT2D eigenvalue weighted by molar-refractivity contribution is 6.01. The molecule has 0 aromatic heterocycles. The number of rotatable bonds is 58. The summed E-state index contributed by atoms with van der Waals surface area (Å²) in [5.41, 5.74) is 22.1. The molecule has 120 heavy (non-hydrogen) atoms. The average Bonchev–Trinajstić information content (AvgIpc) is 0.833. The number of aliphatic hydroxyl groups excluding tert-OH is 5. The van der Waals surface area contributed by atoms with Crippen LogP contribution in [0.1, 0.15) is 125 Å². The van der Waals surface area contributed by atoms with Crippen LogP contribution >= 0.6 is 0 Å². The number of guanidine groups is 1. The first-order valence-corrected chi connectivity index (χ1v) is 37.9. The molecule has 15 atom stereocenters. The molecule has 1 aromatic rings. The number of hydrogen-bond acceptors (Lipinski definition) is 27. The quantitative estimate of drug-likeness (QED) is 0.0164. The molecule has 0 heterocycles. The van der Waals surface area contributed by atoms with Crippen LogP contribution in [-0.4, -0.2) is 302 Å². The molecule has 0 aliphatic rings. The van der Waals surface area contributed by atoms with Crippen molar-refractivity contribution in [3.8, 4) is 0 Å². The van der Waals surface area contributed by atoms with E-state index in [0.717, 1.165) is 6.92 Å². The number of carboxylic acid groups (broad SMARTS) is 3. The zero-order valence-corrected chi connectivity index (χ0v) is 67.3. The molecule has 0 bridgehead atoms. The van der Waals surface area contributed by atoms with E-state index in [4.69, 9.17) is 33.5 Å². The van der Waals surface area contributed by atoms with Gasteiger partial charge in [0.15, 0.2) is 5.96 Å². The number of primary amides is 2. The predicted octanol–water partition coefficient (Wildman–Crippen LogP) is -12.6. The summed E-state index contributed by atoms with van der Waals surface area (Å²) in [5.74, 6) is -26.5. The van der Waals surface area contributed by atoms with E-state index in [1.165, 1.54) is 13.8 Å². The fourth-order valence-corrected chi connectivity index (χ4v) is 10.9. The lowest BCUT2D eigenvalue weighted by Gasteiger charge is -2.28. The van der Waals surface area contributed by atoms with E-state index < -0.39 is 311 Å². The van der Waals surface area contributed by atoms with Gasteiger partial charge >= 0.3 is 17.9 Å². The van der Waals surface area contributed by atoms with Gasteiger partial charge in [0, 0.05) is 32.2 Å². The maximum atomic E-state index is 14.6. The molecule has 0 unspecified atom stereocenters. The van der Waals surface area contributed by atoms with Crippen molar-refractivity contribution < 1.29 is 137 Å². The van der Waals surface area contributed by atoms with Crippen LogP contribution in [0.3, 0.4) is 0 Å². The summed E-state index contributed by atoms with van der Waals surface area (Å²) >= 11 is 0. The van der Waals surface area contributed by atoms with Gasteiger partial charge in [-0.05, 0) is 75.2 Å². The minimum absolute atomic E-state index is 0.0413. The van der Waals surface area contributed by atoms with E-state index in [9.17, 15) is 132 Å². The predicted molar refractivity (Wildman–Crippen MR) is 416 cm³/mol. The molecule has 33 N–H and O–H groups in total. The van der Waals surface area contributed by atoms with E-state index in [2.05, 4.69) is 74.4 Å². The van der Waals surface area contributed by atoms with Gasteiger partial charge in [0.25, 0.3) is 0 Å². The number of nitrogens with two attached hydrogens (primary N) is 4. The van der Waals surface area contributed by atoms with Crippen molar-refractivity contribution in [3.63, 3.8) is 0 Å². The monoisotopic (exact) mass is 1710 g/mol. The van der Waals surface area contributed by atoms with Gasteiger partial charge in [0.2, 0.25) is 100 Å². The highest BCUT2D eigenvalue weighted by atomic mass is 16.4. The fraction of sp³-hybridized carbons (Fsp3) is 0.620. The van der Waals surface area contributed by atoms with Crippen molar-refractivity contribution >= 4 is 124 Å². The third-order valence-corrected chi connectivity index (χ3v) is 17.3. The summed E-state index contributed by atoms with van der Waals surface area (Å²) in [5, 5.41) is 122. The van der Waals surface area contributed by atoms with Gasteiger partial charge in [0.05, 0.1) is 46.0 Å². The van der Waals surface area contributed by atoms with Crippen molar-refractivity contribution in [1.29, 1.82) is 5.41 Å². The third kappa shape index (κ3) is 40.7. The first-order valence-electron chi connectivity index (χ1n) is 37.9. The molecule has 0 radical (unpaired) electrons. The Balaban J connectivity index is 3.62. The van der Waals surface area contributed by atoms with Gasteiger partial charge in [-0.3, -0.25) is 96.5 Å². The van der Waals surface area contributed by atoms with Gasteiger partial charge in [-0.15, -0.1) is 0 Å². The Labute approximate surface area is 688 Å². The molecule has 1 aromatic carbocycles. The molecular formula is C71H115N21O28. The van der Waals surface area contributed by atoms with Crippen LogP contribution in [0.5, 0.6) is 0 Å². The Hall–Kier alpha value is -12.3. The van der Waals surface area contributed by atoms with Crippen LogP contribution < -0.4 is 108 Å². The van der Waals surface area contributed by atoms with Crippen molar-refractivity contribution in [3.05, 3.63) is 35.9 Å². The summed E-state index contributed by atoms with van der Waals surface area (Å²) in [7, 11) is 0. The zero-order valence-electron chi connectivity index (χ0n) is 67.3. The second-order valence-electron chi connectivity index (χ2n) is 28.8. The van der Waals surface area contributed by atoms with Gasteiger partial charge in [0.1, 0.15) is 90.6 Å². The van der Waals surface area contributed by atoms with Gasteiger partial charge in [-0.2, -0.15) is 0 Å². The Kier molecular flexibility index (Phi) is 48.1. The van der Waals surface area contributed by atoms with Crippen LogP contribution in [0.15, 0.2) is 30.3 Å². The smallest absolute Gasteiger partial charge is 0.326 e. The van der Waals surface area contributed by atoms with Crippen LogP contribution in [0.4, 0.5) is 0 Å². The standard InChI is InChI=1S/C71H115N21O28/c1-32(2)22-42(85-61(110)40(16-19-51(74)99)83-59(108)41(17-20-53(101)102)84-65(114)47(29-95)90-67(116)49(31-97)91-69(118)55(34(5)6)92-68(117)46(28-94)80-52(100)26-78-57(106)37(72)27-93)62(111)79-35(7)56(105)81-39(15-18-50(73)98)60(109)87-44(24-36-12-9-8-10-13-36)64(113)82-38(14-11-21-77-71(75)76)58(107)89-48(30-96)66(115)86-43(23-33(3)4)63(112)88-45(70(119)120)25-54(103)104/h8-10,12-13,32-35,37-49,55,93-97H,11,14-31,72H2,1-7H3,(H2,73,98)(H2,74,99)(H,78,106)(H,79,111)(H,80,100)(H,81,105)(H,82,113)(H,83,108)(H,84,114)(H,85,110)(H,86,115)(H,87,109)(H,88,112)(H,89,107)(H,90,116)(H,91,118)(H,92,117)(H,101,102)(H,103,104)(H,119,120)(H4,75,76,77)/t35-,37-,38-,39-,40-,41-,42-,43-,44-,45-,46-,47-,48-,49-,55-/m0/s1. The highest BCUT2D eigenvalue weighted by Crippen LogP contribution is 2.14. The van der Waals surface area contributed by atoms with Crippen LogP contribution in [-0.2, 0) is 102 Å². The minimum atomic E-state index is -2.07. The summed E-state index contributed by atoms with van der Waals surface area (Å²) in [6, 6.07) is -18.5. The molecule has 17 amide bonds. The third-order valence-electron chi connectivity index (χ3n) is 17.3. The maximum absolute atomic E-state index is 14.6. The number of nitrogens with one attached hydrogen (secondary N) is 17. The SMILES string of the molecule is CC(C)C[C@H](NC(=O)[C@H](CCC(N)=O)NC(=O)[C@H](CCC(=O)O)NC(=O)[C@H](CO)NC(=O)[C@H](CO)NC(=O)[C@@H](NC(=O)[C@H](CO)NC(=O)CNC(=O)[C@@H](N)CO)C(C)C)C(=O)N[C@@H](C)C(=O)N[C@@H](CCC(N)=O)C(=O)N[C@@H](Cc1ccccc1)C(=O)N[C@@H](CCCNC(=N)N)C(=O)N[C@@H](CO)C(=O)N[C@@H](CC(C)C)C(=O)N[C@@H](CC(=O)O)C(=O)O. The summed E-state index contributed by atoms with van der Waals surface area (Å²) < 4.78 is 0. The molecule has 0 aliphatic carbocycles. The molecule has 49 nitrogen and oxygen atoms in total. The minimum Gasteiger partial charge on any atom is -0.481 e. The van der Waals surface area contributed by atoms with Crippen molar-refractivity contribution in [2.75, 3.05) is 46.1 Å². The van der Waals surface area contributed by atoms with Gasteiger partial charge < -0.3 is 149 Å². The van der Waals surface area contributed by atoms with E-state index in [0.29, 0.717) is 5.56 Å². The Morgan fingerprint density at radius 1 is 0.367 bits per heavy atom. The lowest BCUT2D eigenvalue weighted by atomic mass is 10.0. The van der Waals surface area contributed by atoms with E-state index in [1.54, 1.807) is 58.0 Å². The van der Waals surface area contributed by atoms with Gasteiger partial charge in [-0.1, -0.05) is 71.9 Å². The number of carbonyl (C=O) groups excluding carboxylic acids is 17. The number of aliphatic carboxylic acids is 3. The van der Waals surface area contributed by atoms with Crippen LogP contribution in [0, 0.1) is 23.2 Å². The average molecular weight is 1710 g/mol. The molecule has 0 saturated heterocycles. The molecular weight excluding hydrogens is 1590 g/mol. The zero-order chi connectivity index (χ0) is 91.4. The number of hydrogen-bond donors (Lipinski definition) is 29. The number of amides is 17. The Bertz CT molecular complexity index is 3730. The Morgan fingerprint density at radius 3 is 1.11 bits per heavy atom. The number of carboxylic acids is 3. The lowest BCUT2D eigenvalue weighted by Crippen LogP contribution is -2.62. The first-order chi connectivity index (χ1) is 56.2. The maximum Gasteiger partial charge on any atom is 0.326 e. The normalized spacial score (nSPS) is 14.8. The number of aliphatic hydroxyl groups is 5. The topological polar surface area (TPSA) is 824 Å². The summed E-state index contributed by atoms with van der Waals surface area (Å²) in [4.78, 5) is 265. The Morgan fingerprint density at radius 2 is 0.717 bits per heavy atom. The lowest BCUT2D eigenvalue weighted by molar-refractivity contribution is -0.147. The number of carbonyl (C=O) groups is 20. The van der Waals surface area contributed by atoms with E-state index in [1.807, 2.05) is 10.6 Å². The first kappa shape index (κ1) is 106. The molecule has 1 rings (SSSR count). The van der Waals surface area contributed by atoms with Crippen molar-refractivity contribution in [2.24, 2.45) is 40.7 Å². The van der Waals surface area contributed by atoms with Gasteiger partial charge in [-0.25, -0.2) is 4.79 Å². The second-order valence-corrected chi connectivity index (χ2v) is 28.8. The van der Waals surface area contributed by atoms with Crippen LogP contribution in [0.25, 0.3) is 0 Å². The molecule has 0 fully saturated rings. The highest BCUT2D eigenvalue weighted by Gasteiger charge is 2.39. The molecule has 672 valence electrons. The van der Waals surface area contributed by atoms with E-state index in [-0.39, 0.29) is 44.6 Å². The second kappa shape index (κ2) is 54.6. The van der Waals surface area contributed by atoms with Crippen molar-refractivity contribution in [1.82, 2.24) is 85.1 Å².